The Hall–Kier alpha value is -0.390. The molecule has 1 aromatic carbocycles. The van der Waals surface area contributed by atoms with E-state index in [0.29, 0.717) is 0 Å². The highest BCUT2D eigenvalue weighted by Crippen LogP contribution is 2.29. The van der Waals surface area contributed by atoms with Gasteiger partial charge in [-0.2, -0.15) is 11.8 Å². The van der Waals surface area contributed by atoms with Crippen molar-refractivity contribution in [3.05, 3.63) is 18.2 Å². The van der Waals surface area contributed by atoms with Crippen molar-refractivity contribution in [1.82, 2.24) is 4.98 Å². The van der Waals surface area contributed by atoms with Crippen molar-refractivity contribution in [2.24, 2.45) is 0 Å². The van der Waals surface area contributed by atoms with Crippen molar-refractivity contribution >= 4 is 50.8 Å². The monoisotopic (exact) mass is 298 g/mol. The van der Waals surface area contributed by atoms with E-state index in [1.54, 1.807) is 23.1 Å². The highest BCUT2D eigenvalue weighted by atomic mass is 32.2. The average molecular weight is 299 g/mol. The minimum absolute atomic E-state index is 1.06. The number of thiazole rings is 1. The first-order valence-corrected chi connectivity index (χ1v) is 9.44. The molecule has 2 aromatic rings. The quantitative estimate of drug-likeness (QED) is 0.598. The van der Waals surface area contributed by atoms with Gasteiger partial charge in [0.05, 0.1) is 10.2 Å². The second-order valence-corrected chi connectivity index (χ2v) is 7.06. The molecule has 0 aliphatic carbocycles. The van der Waals surface area contributed by atoms with Gasteiger partial charge < -0.3 is 5.32 Å². The summed E-state index contributed by atoms with van der Waals surface area (Å²) >= 11 is 5.40. The summed E-state index contributed by atoms with van der Waals surface area (Å²) in [5.74, 6) is 1.26. The van der Waals surface area contributed by atoms with Crippen molar-refractivity contribution in [3.63, 3.8) is 0 Å². The van der Waals surface area contributed by atoms with Crippen LogP contribution in [0.1, 0.15) is 12.8 Å². The molecule has 0 fully saturated rings. The van der Waals surface area contributed by atoms with Crippen LogP contribution in [0, 0.1) is 0 Å². The minimum Gasteiger partial charge on any atom is -0.385 e. The van der Waals surface area contributed by atoms with Crippen LogP contribution in [-0.2, 0) is 0 Å². The normalized spacial score (nSPS) is 11.0. The molecule has 18 heavy (non-hydrogen) atoms. The molecule has 5 heteroatoms. The summed E-state index contributed by atoms with van der Waals surface area (Å²) in [6.45, 7) is 1.06. The van der Waals surface area contributed by atoms with Crippen molar-refractivity contribution in [1.29, 1.82) is 0 Å². The van der Waals surface area contributed by atoms with Crippen molar-refractivity contribution < 1.29 is 0 Å². The van der Waals surface area contributed by atoms with E-state index >= 15 is 0 Å². The number of aromatic nitrogens is 1. The highest BCUT2D eigenvalue weighted by molar-refractivity contribution is 8.00. The van der Waals surface area contributed by atoms with E-state index in [2.05, 4.69) is 41.0 Å². The molecule has 0 aliphatic heterocycles. The van der Waals surface area contributed by atoms with Gasteiger partial charge in [0.25, 0.3) is 0 Å². The lowest BCUT2D eigenvalue weighted by molar-refractivity contribution is 0.843. The van der Waals surface area contributed by atoms with Crippen LogP contribution in [0.15, 0.2) is 22.5 Å². The third-order valence-electron chi connectivity index (χ3n) is 2.65. The second-order valence-electron chi connectivity index (χ2n) is 3.99. The molecule has 2 nitrogen and oxygen atoms in total. The summed E-state index contributed by atoms with van der Waals surface area (Å²) in [4.78, 5) is 4.54. The topological polar surface area (TPSA) is 24.9 Å². The van der Waals surface area contributed by atoms with Gasteiger partial charge in [0.15, 0.2) is 4.34 Å². The number of rotatable bonds is 7. The standard InChI is InChI=1S/C13H18N2S3/c1-16-8-4-3-7-14-10-5-6-11-12(9-10)18-13(15-11)17-2/h5-6,9,14H,3-4,7-8H2,1-2H3. The number of nitrogens with one attached hydrogen (secondary N) is 1. The van der Waals surface area contributed by atoms with Gasteiger partial charge in [-0.05, 0) is 49.3 Å². The Morgan fingerprint density at radius 2 is 2.17 bits per heavy atom. The largest absolute Gasteiger partial charge is 0.385 e. The van der Waals surface area contributed by atoms with Gasteiger partial charge in [0, 0.05) is 12.2 Å². The van der Waals surface area contributed by atoms with Crippen LogP contribution in [-0.4, -0.2) is 29.8 Å². The fraction of sp³-hybridized carbons (Fsp3) is 0.462. The summed E-state index contributed by atoms with van der Waals surface area (Å²) in [5.41, 5.74) is 2.32. The van der Waals surface area contributed by atoms with Crippen LogP contribution in [0.3, 0.4) is 0 Å². The fourth-order valence-electron chi connectivity index (χ4n) is 1.70. The Morgan fingerprint density at radius 3 is 2.94 bits per heavy atom. The molecular formula is C13H18N2S3. The van der Waals surface area contributed by atoms with Crippen LogP contribution < -0.4 is 5.32 Å². The molecule has 0 unspecified atom stereocenters. The molecule has 1 N–H and O–H groups in total. The maximum Gasteiger partial charge on any atom is 0.150 e. The molecule has 0 aliphatic rings. The number of thioether (sulfide) groups is 2. The first-order chi connectivity index (χ1) is 8.83. The minimum atomic E-state index is 1.06. The van der Waals surface area contributed by atoms with Gasteiger partial charge in [0.2, 0.25) is 0 Å². The Labute approximate surface area is 121 Å². The third kappa shape index (κ3) is 3.80. The summed E-state index contributed by atoms with van der Waals surface area (Å²) in [6.07, 6.45) is 6.75. The van der Waals surface area contributed by atoms with Crippen molar-refractivity contribution in [2.45, 2.75) is 17.2 Å². The molecule has 98 valence electrons. The van der Waals surface area contributed by atoms with E-state index in [9.17, 15) is 0 Å². The zero-order valence-electron chi connectivity index (χ0n) is 10.7. The van der Waals surface area contributed by atoms with Crippen molar-refractivity contribution in [2.75, 3.05) is 30.1 Å². The molecular weight excluding hydrogens is 280 g/mol. The summed E-state index contributed by atoms with van der Waals surface area (Å²) in [6, 6.07) is 6.44. The maximum absolute atomic E-state index is 4.54. The fourth-order valence-corrected chi connectivity index (χ4v) is 3.73. The number of anilines is 1. The van der Waals surface area contributed by atoms with Gasteiger partial charge in [0.1, 0.15) is 0 Å². The summed E-state index contributed by atoms with van der Waals surface area (Å²) < 4.78 is 2.41. The van der Waals surface area contributed by atoms with Gasteiger partial charge >= 0.3 is 0 Å². The molecule has 0 saturated heterocycles. The van der Waals surface area contributed by atoms with Gasteiger partial charge in [-0.1, -0.05) is 11.8 Å². The van der Waals surface area contributed by atoms with Crippen LogP contribution in [0.5, 0.6) is 0 Å². The van der Waals surface area contributed by atoms with E-state index in [1.165, 1.54) is 29.0 Å². The predicted molar refractivity (Wildman–Crippen MR) is 87.5 cm³/mol. The lowest BCUT2D eigenvalue weighted by Crippen LogP contribution is -2.01. The number of hydrogen-bond acceptors (Lipinski definition) is 5. The van der Waals surface area contributed by atoms with Crippen molar-refractivity contribution in [3.8, 4) is 0 Å². The molecule has 0 atom stereocenters. The van der Waals surface area contributed by atoms with E-state index in [0.717, 1.165) is 16.4 Å². The molecule has 1 aromatic heterocycles. The number of unbranched alkanes of at least 4 members (excludes halogenated alkanes) is 1. The predicted octanol–water partition coefficient (Wildman–Crippen LogP) is 4.57. The third-order valence-corrected chi connectivity index (χ3v) is 5.35. The number of nitrogens with zero attached hydrogens (tertiary/aromatic N) is 1. The first-order valence-electron chi connectivity index (χ1n) is 6.01. The zero-order chi connectivity index (χ0) is 12.8. The number of hydrogen-bond donors (Lipinski definition) is 1. The van der Waals surface area contributed by atoms with E-state index in [1.807, 2.05) is 11.8 Å². The number of fused-ring (bicyclic) bond motifs is 1. The Kier molecular flexibility index (Phi) is 5.66. The lowest BCUT2D eigenvalue weighted by Gasteiger charge is -2.05. The smallest absolute Gasteiger partial charge is 0.150 e. The van der Waals surface area contributed by atoms with E-state index in [-0.39, 0.29) is 0 Å². The van der Waals surface area contributed by atoms with Gasteiger partial charge in [-0.3, -0.25) is 0 Å². The zero-order valence-corrected chi connectivity index (χ0v) is 13.2. The lowest BCUT2D eigenvalue weighted by atomic mass is 10.3. The molecule has 0 saturated carbocycles. The Bertz CT molecular complexity index is 496. The molecule has 2 rings (SSSR count). The number of benzene rings is 1. The Balaban J connectivity index is 1.93. The van der Waals surface area contributed by atoms with Gasteiger partial charge in [-0.25, -0.2) is 4.98 Å². The highest BCUT2D eigenvalue weighted by Gasteiger charge is 2.03. The van der Waals surface area contributed by atoms with Crippen LogP contribution in [0.4, 0.5) is 5.69 Å². The molecule has 0 bridgehead atoms. The summed E-state index contributed by atoms with van der Waals surface area (Å²) in [5, 5.41) is 3.49. The SMILES string of the molecule is CSCCCCNc1ccc2nc(SC)sc2c1. The Morgan fingerprint density at radius 1 is 1.28 bits per heavy atom. The average Bonchev–Trinajstić information content (AvgIpc) is 2.80. The van der Waals surface area contributed by atoms with Crippen LogP contribution in [0.2, 0.25) is 0 Å². The molecule has 0 spiro atoms. The van der Waals surface area contributed by atoms with Gasteiger partial charge in [-0.15, -0.1) is 11.3 Å². The maximum atomic E-state index is 4.54. The van der Waals surface area contributed by atoms with E-state index < -0.39 is 0 Å². The second kappa shape index (κ2) is 7.26. The van der Waals surface area contributed by atoms with E-state index in [4.69, 9.17) is 0 Å². The van der Waals surface area contributed by atoms with Crippen LogP contribution in [0.25, 0.3) is 10.2 Å². The first kappa shape index (κ1) is 14.0. The molecule has 0 radical (unpaired) electrons. The summed E-state index contributed by atoms with van der Waals surface area (Å²) in [7, 11) is 0. The molecule has 0 amide bonds. The van der Waals surface area contributed by atoms with Crippen LogP contribution >= 0.6 is 34.9 Å². The molecule has 1 heterocycles.